The SMILES string of the molecule is NC1CCCN(c2cccc3c2OCCC3)C1. The van der Waals surface area contributed by atoms with Gasteiger partial charge in [0, 0.05) is 19.1 Å². The number of para-hydroxylation sites is 1. The Kier molecular flexibility index (Phi) is 2.93. The van der Waals surface area contributed by atoms with Gasteiger partial charge in [-0.3, -0.25) is 0 Å². The molecule has 0 saturated carbocycles. The van der Waals surface area contributed by atoms with Gasteiger partial charge in [0.25, 0.3) is 0 Å². The first-order valence-electron chi connectivity index (χ1n) is 6.60. The van der Waals surface area contributed by atoms with Crippen molar-refractivity contribution in [3.8, 4) is 5.75 Å². The molecule has 2 N–H and O–H groups in total. The van der Waals surface area contributed by atoms with E-state index in [1.807, 2.05) is 0 Å². The molecule has 0 aromatic heterocycles. The Bertz CT molecular complexity index is 405. The van der Waals surface area contributed by atoms with E-state index in [-0.39, 0.29) is 0 Å². The Balaban J connectivity index is 1.91. The second kappa shape index (κ2) is 4.57. The van der Waals surface area contributed by atoms with Crippen LogP contribution in [0.2, 0.25) is 0 Å². The van der Waals surface area contributed by atoms with Gasteiger partial charge in [-0.2, -0.15) is 0 Å². The lowest BCUT2D eigenvalue weighted by atomic mass is 10.0. The van der Waals surface area contributed by atoms with E-state index in [1.165, 1.54) is 17.7 Å². The molecule has 92 valence electrons. The van der Waals surface area contributed by atoms with Crippen molar-refractivity contribution in [2.24, 2.45) is 5.73 Å². The van der Waals surface area contributed by atoms with Gasteiger partial charge in [0.05, 0.1) is 12.3 Å². The van der Waals surface area contributed by atoms with Crippen LogP contribution in [0.3, 0.4) is 0 Å². The van der Waals surface area contributed by atoms with Crippen LogP contribution in [0.15, 0.2) is 18.2 Å². The zero-order chi connectivity index (χ0) is 11.7. The van der Waals surface area contributed by atoms with Gasteiger partial charge < -0.3 is 15.4 Å². The van der Waals surface area contributed by atoms with E-state index in [9.17, 15) is 0 Å². The number of ether oxygens (including phenoxy) is 1. The van der Waals surface area contributed by atoms with Gasteiger partial charge in [-0.05, 0) is 37.3 Å². The van der Waals surface area contributed by atoms with Crippen molar-refractivity contribution < 1.29 is 4.74 Å². The second-order valence-electron chi connectivity index (χ2n) is 5.07. The normalized spacial score (nSPS) is 24.1. The Labute approximate surface area is 103 Å². The lowest BCUT2D eigenvalue weighted by Crippen LogP contribution is -2.43. The fourth-order valence-corrected chi connectivity index (χ4v) is 2.85. The van der Waals surface area contributed by atoms with E-state index in [2.05, 4.69) is 23.1 Å². The van der Waals surface area contributed by atoms with Gasteiger partial charge >= 0.3 is 0 Å². The quantitative estimate of drug-likeness (QED) is 0.804. The monoisotopic (exact) mass is 232 g/mol. The Hall–Kier alpha value is -1.22. The lowest BCUT2D eigenvalue weighted by molar-refractivity contribution is 0.288. The lowest BCUT2D eigenvalue weighted by Gasteiger charge is -2.34. The highest BCUT2D eigenvalue weighted by molar-refractivity contribution is 5.63. The highest BCUT2D eigenvalue weighted by Crippen LogP contribution is 2.36. The summed E-state index contributed by atoms with van der Waals surface area (Å²) in [7, 11) is 0. The molecular formula is C14H20N2O. The molecule has 0 radical (unpaired) electrons. The van der Waals surface area contributed by atoms with Crippen molar-refractivity contribution in [1.82, 2.24) is 0 Å². The molecular weight excluding hydrogens is 212 g/mol. The number of rotatable bonds is 1. The number of benzene rings is 1. The van der Waals surface area contributed by atoms with Gasteiger partial charge in [0.2, 0.25) is 0 Å². The fraction of sp³-hybridized carbons (Fsp3) is 0.571. The first-order valence-corrected chi connectivity index (χ1v) is 6.60. The molecule has 1 fully saturated rings. The summed E-state index contributed by atoms with van der Waals surface area (Å²) in [5.74, 6) is 1.10. The van der Waals surface area contributed by atoms with Crippen LogP contribution >= 0.6 is 0 Å². The van der Waals surface area contributed by atoms with Crippen LogP contribution in [0.25, 0.3) is 0 Å². The van der Waals surface area contributed by atoms with Gasteiger partial charge in [0.15, 0.2) is 0 Å². The summed E-state index contributed by atoms with van der Waals surface area (Å²) in [5, 5.41) is 0. The summed E-state index contributed by atoms with van der Waals surface area (Å²) in [6, 6.07) is 6.80. The van der Waals surface area contributed by atoms with Crippen LogP contribution in [-0.2, 0) is 6.42 Å². The summed E-state index contributed by atoms with van der Waals surface area (Å²) < 4.78 is 5.86. The summed E-state index contributed by atoms with van der Waals surface area (Å²) in [6.45, 7) is 2.91. The molecule has 0 spiro atoms. The van der Waals surface area contributed by atoms with Crippen molar-refractivity contribution >= 4 is 5.69 Å². The third-order valence-corrected chi connectivity index (χ3v) is 3.71. The molecule has 0 amide bonds. The van der Waals surface area contributed by atoms with Crippen molar-refractivity contribution in [1.29, 1.82) is 0 Å². The third kappa shape index (κ3) is 2.12. The summed E-state index contributed by atoms with van der Waals surface area (Å²) in [6.07, 6.45) is 4.61. The van der Waals surface area contributed by atoms with E-state index in [4.69, 9.17) is 10.5 Å². The van der Waals surface area contributed by atoms with Crippen molar-refractivity contribution in [3.63, 3.8) is 0 Å². The molecule has 1 atom stereocenters. The predicted octanol–water partition coefficient (Wildman–Crippen LogP) is 1.94. The number of piperidine rings is 1. The van der Waals surface area contributed by atoms with Crippen molar-refractivity contribution in [2.45, 2.75) is 31.7 Å². The number of hydrogen-bond acceptors (Lipinski definition) is 3. The largest absolute Gasteiger partial charge is 0.491 e. The first-order chi connectivity index (χ1) is 8.34. The van der Waals surface area contributed by atoms with Gasteiger partial charge in [-0.15, -0.1) is 0 Å². The number of aryl methyl sites for hydroxylation is 1. The smallest absolute Gasteiger partial charge is 0.145 e. The van der Waals surface area contributed by atoms with Crippen molar-refractivity contribution in [2.75, 3.05) is 24.6 Å². The van der Waals surface area contributed by atoms with Crippen LogP contribution < -0.4 is 15.4 Å². The molecule has 1 aromatic rings. The highest BCUT2D eigenvalue weighted by atomic mass is 16.5. The second-order valence-corrected chi connectivity index (χ2v) is 5.07. The predicted molar refractivity (Wildman–Crippen MR) is 69.7 cm³/mol. The molecule has 3 nitrogen and oxygen atoms in total. The van der Waals surface area contributed by atoms with Crippen LogP contribution in [-0.4, -0.2) is 25.7 Å². The molecule has 1 saturated heterocycles. The Morgan fingerprint density at radius 1 is 1.29 bits per heavy atom. The van der Waals surface area contributed by atoms with Gasteiger partial charge in [-0.1, -0.05) is 12.1 Å². The van der Waals surface area contributed by atoms with E-state index in [0.29, 0.717) is 6.04 Å². The molecule has 0 bridgehead atoms. The molecule has 2 heterocycles. The molecule has 2 aliphatic heterocycles. The van der Waals surface area contributed by atoms with E-state index in [0.717, 1.165) is 44.7 Å². The highest BCUT2D eigenvalue weighted by Gasteiger charge is 2.22. The summed E-state index contributed by atoms with van der Waals surface area (Å²) in [4.78, 5) is 2.39. The molecule has 3 heteroatoms. The molecule has 1 aromatic carbocycles. The van der Waals surface area contributed by atoms with Crippen LogP contribution in [0, 0.1) is 0 Å². The van der Waals surface area contributed by atoms with Crippen LogP contribution in [0.5, 0.6) is 5.75 Å². The maximum Gasteiger partial charge on any atom is 0.145 e. The van der Waals surface area contributed by atoms with Crippen LogP contribution in [0.4, 0.5) is 5.69 Å². The average molecular weight is 232 g/mol. The number of hydrogen-bond donors (Lipinski definition) is 1. The molecule has 17 heavy (non-hydrogen) atoms. The molecule has 1 unspecified atom stereocenters. The molecule has 0 aliphatic carbocycles. The number of nitrogens with zero attached hydrogens (tertiary/aromatic N) is 1. The minimum absolute atomic E-state index is 0.309. The Morgan fingerprint density at radius 3 is 3.12 bits per heavy atom. The van der Waals surface area contributed by atoms with E-state index >= 15 is 0 Å². The zero-order valence-electron chi connectivity index (χ0n) is 10.2. The van der Waals surface area contributed by atoms with Gasteiger partial charge in [0.1, 0.15) is 5.75 Å². The van der Waals surface area contributed by atoms with E-state index < -0.39 is 0 Å². The minimum Gasteiger partial charge on any atom is -0.491 e. The Morgan fingerprint density at radius 2 is 2.24 bits per heavy atom. The topological polar surface area (TPSA) is 38.5 Å². The summed E-state index contributed by atoms with van der Waals surface area (Å²) >= 11 is 0. The maximum absolute atomic E-state index is 6.06. The minimum atomic E-state index is 0.309. The standard InChI is InChI=1S/C14H20N2O/c15-12-6-2-8-16(10-12)13-7-1-4-11-5-3-9-17-14(11)13/h1,4,7,12H,2-3,5-6,8-10,15H2. The van der Waals surface area contributed by atoms with Gasteiger partial charge in [-0.25, -0.2) is 0 Å². The summed E-state index contributed by atoms with van der Waals surface area (Å²) in [5.41, 5.74) is 8.66. The molecule has 2 aliphatic rings. The van der Waals surface area contributed by atoms with Crippen molar-refractivity contribution in [3.05, 3.63) is 23.8 Å². The fourth-order valence-electron chi connectivity index (χ4n) is 2.85. The number of anilines is 1. The van der Waals surface area contributed by atoms with E-state index in [1.54, 1.807) is 0 Å². The number of nitrogens with two attached hydrogens (primary N) is 1. The molecule has 3 rings (SSSR count). The third-order valence-electron chi connectivity index (χ3n) is 3.71. The maximum atomic E-state index is 6.06. The average Bonchev–Trinajstić information content (AvgIpc) is 2.38. The zero-order valence-corrected chi connectivity index (χ0v) is 10.2. The van der Waals surface area contributed by atoms with Crippen LogP contribution in [0.1, 0.15) is 24.8 Å². The number of fused-ring (bicyclic) bond motifs is 1. The first kappa shape index (κ1) is 10.9.